The lowest BCUT2D eigenvalue weighted by Crippen LogP contribution is -2.29. The zero-order valence-corrected chi connectivity index (χ0v) is 17.6. The molecule has 0 aliphatic heterocycles. The Morgan fingerprint density at radius 1 is 0.880 bits per heavy atom. The molecule has 0 aromatic rings. The fraction of sp³-hybridized carbons (Fsp3) is 0.952. The number of unbranched alkanes of at least 4 members (excludes halogenated alkanes) is 2. The first-order chi connectivity index (χ1) is 11.9. The summed E-state index contributed by atoms with van der Waals surface area (Å²) < 4.78 is 5.53. The second-order valence-electron chi connectivity index (χ2n) is 7.98. The minimum Gasteiger partial charge on any atom is -0.465 e. The third-order valence-corrected chi connectivity index (χ3v) is 4.72. The maximum absolute atomic E-state index is 12.2. The normalized spacial score (nSPS) is 14.3. The molecule has 0 saturated carbocycles. The summed E-state index contributed by atoms with van der Waals surface area (Å²) >= 11 is 0. The summed E-state index contributed by atoms with van der Waals surface area (Å²) in [5.74, 6) is 0.511. The van der Waals surface area contributed by atoms with Crippen molar-refractivity contribution in [2.45, 2.75) is 92.9 Å². The zero-order chi connectivity index (χ0) is 19.1. The molecule has 0 spiro atoms. The molecular weight excluding hydrogens is 316 g/mol. The van der Waals surface area contributed by atoms with Crippen LogP contribution in [-0.2, 0) is 19.3 Å². The van der Waals surface area contributed by atoms with Gasteiger partial charge in [0.05, 0.1) is 25.7 Å². The molecule has 0 heterocycles. The van der Waals surface area contributed by atoms with Crippen LogP contribution in [0.4, 0.5) is 0 Å². The van der Waals surface area contributed by atoms with Crippen molar-refractivity contribution in [2.75, 3.05) is 19.8 Å². The summed E-state index contributed by atoms with van der Waals surface area (Å²) in [5.41, 5.74) is -0.246. The van der Waals surface area contributed by atoms with Gasteiger partial charge >= 0.3 is 5.97 Å². The lowest BCUT2D eigenvalue weighted by molar-refractivity contribution is -0.316. The van der Waals surface area contributed by atoms with E-state index >= 15 is 0 Å². The maximum Gasteiger partial charge on any atom is 0.308 e. The molecule has 25 heavy (non-hydrogen) atoms. The maximum atomic E-state index is 12.2. The number of hydrogen-bond acceptors (Lipinski definition) is 4. The van der Waals surface area contributed by atoms with E-state index in [4.69, 9.17) is 14.5 Å². The van der Waals surface area contributed by atoms with Crippen molar-refractivity contribution < 1.29 is 19.3 Å². The molecule has 4 nitrogen and oxygen atoms in total. The summed E-state index contributed by atoms with van der Waals surface area (Å²) in [7, 11) is 0. The van der Waals surface area contributed by atoms with Gasteiger partial charge in [0.25, 0.3) is 0 Å². The van der Waals surface area contributed by atoms with Gasteiger partial charge in [0.15, 0.2) is 0 Å². The van der Waals surface area contributed by atoms with Gasteiger partial charge in [-0.05, 0) is 25.2 Å². The van der Waals surface area contributed by atoms with Gasteiger partial charge in [-0.1, -0.05) is 73.6 Å². The van der Waals surface area contributed by atoms with Gasteiger partial charge < -0.3 is 4.74 Å². The molecule has 0 aromatic heterocycles. The third kappa shape index (κ3) is 12.4. The minimum absolute atomic E-state index is 0.0248. The molecule has 2 unspecified atom stereocenters. The summed E-state index contributed by atoms with van der Waals surface area (Å²) in [6.07, 6.45) is 8.69. The van der Waals surface area contributed by atoms with Crippen LogP contribution in [0.3, 0.4) is 0 Å². The van der Waals surface area contributed by atoms with Gasteiger partial charge in [0, 0.05) is 5.41 Å². The van der Waals surface area contributed by atoms with Crippen LogP contribution in [-0.4, -0.2) is 25.8 Å². The molecule has 0 fully saturated rings. The van der Waals surface area contributed by atoms with Crippen molar-refractivity contribution in [1.29, 1.82) is 0 Å². The Bertz CT molecular complexity index is 328. The van der Waals surface area contributed by atoms with Crippen molar-refractivity contribution in [1.82, 2.24) is 0 Å². The van der Waals surface area contributed by atoms with Crippen LogP contribution < -0.4 is 0 Å². The fourth-order valence-electron chi connectivity index (χ4n) is 2.61. The van der Waals surface area contributed by atoms with Crippen LogP contribution >= 0.6 is 0 Å². The van der Waals surface area contributed by atoms with E-state index < -0.39 is 0 Å². The largest absolute Gasteiger partial charge is 0.465 e. The Morgan fingerprint density at radius 3 is 2.08 bits per heavy atom. The van der Waals surface area contributed by atoms with Gasteiger partial charge in [-0.15, -0.1) is 0 Å². The molecule has 0 rings (SSSR count). The number of ether oxygens (including phenoxy) is 1. The van der Waals surface area contributed by atoms with Crippen molar-refractivity contribution in [3.05, 3.63) is 0 Å². The van der Waals surface area contributed by atoms with Gasteiger partial charge in [0.2, 0.25) is 0 Å². The van der Waals surface area contributed by atoms with Gasteiger partial charge in [-0.2, -0.15) is 0 Å². The first-order valence-electron chi connectivity index (χ1n) is 10.3. The second kappa shape index (κ2) is 14.5. The number of hydrogen-bond donors (Lipinski definition) is 0. The van der Waals surface area contributed by atoms with Crippen LogP contribution in [0.15, 0.2) is 0 Å². The lowest BCUT2D eigenvalue weighted by Gasteiger charge is -2.25. The van der Waals surface area contributed by atoms with Crippen molar-refractivity contribution in [2.24, 2.45) is 17.3 Å². The van der Waals surface area contributed by atoms with Gasteiger partial charge in [0.1, 0.15) is 0 Å². The Kier molecular flexibility index (Phi) is 14.2. The molecule has 0 N–H and O–H groups in total. The van der Waals surface area contributed by atoms with E-state index in [2.05, 4.69) is 20.8 Å². The predicted octanol–water partition coefficient (Wildman–Crippen LogP) is 5.94. The summed E-state index contributed by atoms with van der Waals surface area (Å²) in [6.45, 7) is 14.1. The topological polar surface area (TPSA) is 44.8 Å². The smallest absolute Gasteiger partial charge is 0.308 e. The van der Waals surface area contributed by atoms with E-state index in [0.29, 0.717) is 25.7 Å². The van der Waals surface area contributed by atoms with Gasteiger partial charge in [-0.25, -0.2) is 9.78 Å². The molecule has 0 saturated heterocycles. The molecular formula is C21H42O4. The summed E-state index contributed by atoms with van der Waals surface area (Å²) in [6, 6.07) is 0. The molecule has 0 bridgehead atoms. The molecule has 0 radical (unpaired) electrons. The Hall–Kier alpha value is -0.610. The lowest BCUT2D eigenvalue weighted by atomic mass is 9.96. The Labute approximate surface area is 155 Å². The van der Waals surface area contributed by atoms with Crippen LogP contribution in [0.5, 0.6) is 0 Å². The first kappa shape index (κ1) is 24.4. The second-order valence-corrected chi connectivity index (χ2v) is 7.98. The van der Waals surface area contributed by atoms with Crippen molar-refractivity contribution in [3.63, 3.8) is 0 Å². The van der Waals surface area contributed by atoms with E-state index in [-0.39, 0.29) is 17.3 Å². The number of carbonyl (C=O) groups excluding carboxylic acids is 1. The number of carbonyl (C=O) groups is 1. The highest BCUT2D eigenvalue weighted by Crippen LogP contribution is 2.20. The molecule has 0 amide bonds. The van der Waals surface area contributed by atoms with E-state index in [0.717, 1.165) is 32.1 Å². The Morgan fingerprint density at radius 2 is 1.52 bits per heavy atom. The van der Waals surface area contributed by atoms with Crippen LogP contribution in [0.2, 0.25) is 0 Å². The summed E-state index contributed by atoms with van der Waals surface area (Å²) in [4.78, 5) is 23.0. The van der Waals surface area contributed by atoms with Crippen LogP contribution in [0, 0.1) is 17.3 Å². The van der Waals surface area contributed by atoms with Crippen LogP contribution in [0.25, 0.3) is 0 Å². The zero-order valence-electron chi connectivity index (χ0n) is 17.6. The quantitative estimate of drug-likeness (QED) is 0.148. The average molecular weight is 359 g/mol. The molecule has 0 aliphatic carbocycles. The highest BCUT2D eigenvalue weighted by Gasteiger charge is 2.24. The molecule has 0 aromatic carbocycles. The molecule has 0 aliphatic rings. The predicted molar refractivity (Wildman–Crippen MR) is 103 cm³/mol. The van der Waals surface area contributed by atoms with Gasteiger partial charge in [-0.3, -0.25) is 4.79 Å². The monoisotopic (exact) mass is 358 g/mol. The highest BCUT2D eigenvalue weighted by molar-refractivity contribution is 5.72. The standard InChI is InChI=1S/C21H42O4/c1-7-11-13-18(9-3)15-24-25-17-21(5,6)16-23-20(22)19(10-4)14-12-8-2/h18-19H,7-17H2,1-6H3. The van der Waals surface area contributed by atoms with E-state index in [1.54, 1.807) is 0 Å². The third-order valence-electron chi connectivity index (χ3n) is 4.72. The van der Waals surface area contributed by atoms with E-state index in [1.165, 1.54) is 19.3 Å². The Balaban J connectivity index is 4.04. The molecule has 4 heteroatoms. The number of rotatable bonds is 16. The van der Waals surface area contributed by atoms with E-state index in [9.17, 15) is 4.79 Å². The summed E-state index contributed by atoms with van der Waals surface area (Å²) in [5, 5.41) is 0. The fourth-order valence-corrected chi connectivity index (χ4v) is 2.61. The SMILES string of the molecule is CCCCC(CC)COOCC(C)(C)COC(=O)C(CC)CCCC. The molecule has 2 atom stereocenters. The van der Waals surface area contributed by atoms with Crippen molar-refractivity contribution in [3.8, 4) is 0 Å². The average Bonchev–Trinajstić information content (AvgIpc) is 2.60. The van der Waals surface area contributed by atoms with Crippen molar-refractivity contribution >= 4 is 5.97 Å². The van der Waals surface area contributed by atoms with Crippen LogP contribution in [0.1, 0.15) is 92.9 Å². The number of esters is 1. The first-order valence-corrected chi connectivity index (χ1v) is 10.3. The van der Waals surface area contributed by atoms with E-state index in [1.807, 2.05) is 20.8 Å². The minimum atomic E-state index is -0.246. The molecule has 150 valence electrons. The highest BCUT2D eigenvalue weighted by atomic mass is 17.2.